The third-order valence-corrected chi connectivity index (χ3v) is 3.78. The van der Waals surface area contributed by atoms with E-state index in [2.05, 4.69) is 15.5 Å². The van der Waals surface area contributed by atoms with Crippen LogP contribution < -0.4 is 10.1 Å². The van der Waals surface area contributed by atoms with Crippen LogP contribution in [0.25, 0.3) is 11.3 Å². The SMILES string of the molecule is COc1ccc(CNC(=O)c2cc(-c3ccc(C)cc3)n[nH]2)cc1. The Balaban J connectivity index is 1.64. The number of aryl methyl sites for hydroxylation is 1. The summed E-state index contributed by atoms with van der Waals surface area (Å²) in [6.07, 6.45) is 0. The second-order valence-corrected chi connectivity index (χ2v) is 5.56. The van der Waals surface area contributed by atoms with Gasteiger partial charge in [-0.1, -0.05) is 42.0 Å². The number of hydrogen-bond donors (Lipinski definition) is 2. The first-order valence-corrected chi connectivity index (χ1v) is 7.69. The molecule has 3 aromatic rings. The number of nitrogens with one attached hydrogen (secondary N) is 2. The van der Waals surface area contributed by atoms with Gasteiger partial charge in [0.1, 0.15) is 11.4 Å². The molecule has 5 heteroatoms. The van der Waals surface area contributed by atoms with E-state index < -0.39 is 0 Å². The molecule has 0 spiro atoms. The summed E-state index contributed by atoms with van der Waals surface area (Å²) in [6.45, 7) is 2.48. The minimum absolute atomic E-state index is 0.184. The third-order valence-electron chi connectivity index (χ3n) is 3.78. The van der Waals surface area contributed by atoms with E-state index >= 15 is 0 Å². The molecule has 2 aromatic carbocycles. The Morgan fingerprint density at radius 1 is 1.12 bits per heavy atom. The molecule has 1 heterocycles. The summed E-state index contributed by atoms with van der Waals surface area (Å²) in [4.78, 5) is 12.2. The molecular weight excluding hydrogens is 302 g/mol. The number of rotatable bonds is 5. The summed E-state index contributed by atoms with van der Waals surface area (Å²) in [5.74, 6) is 0.609. The van der Waals surface area contributed by atoms with E-state index in [-0.39, 0.29) is 5.91 Å². The highest BCUT2D eigenvalue weighted by Gasteiger charge is 2.10. The highest BCUT2D eigenvalue weighted by Crippen LogP contribution is 2.18. The van der Waals surface area contributed by atoms with Crippen molar-refractivity contribution in [2.24, 2.45) is 0 Å². The maximum Gasteiger partial charge on any atom is 0.269 e. The van der Waals surface area contributed by atoms with Gasteiger partial charge in [-0.2, -0.15) is 5.10 Å². The molecule has 2 N–H and O–H groups in total. The van der Waals surface area contributed by atoms with Gasteiger partial charge >= 0.3 is 0 Å². The zero-order valence-corrected chi connectivity index (χ0v) is 13.7. The lowest BCUT2D eigenvalue weighted by Gasteiger charge is -2.05. The standard InChI is InChI=1S/C19H19N3O2/c1-13-3-7-15(8-4-13)17-11-18(22-21-17)19(23)20-12-14-5-9-16(24-2)10-6-14/h3-11H,12H2,1-2H3,(H,20,23)(H,21,22). The van der Waals surface area contributed by atoms with Crippen molar-refractivity contribution >= 4 is 5.91 Å². The van der Waals surface area contributed by atoms with Gasteiger partial charge in [-0.25, -0.2) is 0 Å². The number of nitrogens with zero attached hydrogens (tertiary/aromatic N) is 1. The van der Waals surface area contributed by atoms with Crippen LogP contribution in [0.15, 0.2) is 54.6 Å². The van der Waals surface area contributed by atoms with Crippen LogP contribution in [0.1, 0.15) is 21.6 Å². The van der Waals surface area contributed by atoms with Gasteiger partial charge in [0.05, 0.1) is 12.8 Å². The fraction of sp³-hybridized carbons (Fsp3) is 0.158. The smallest absolute Gasteiger partial charge is 0.269 e. The molecule has 0 bridgehead atoms. The number of amides is 1. The van der Waals surface area contributed by atoms with Crippen LogP contribution >= 0.6 is 0 Å². The summed E-state index contributed by atoms with van der Waals surface area (Å²) in [5.41, 5.74) is 4.36. The molecule has 122 valence electrons. The quantitative estimate of drug-likeness (QED) is 0.757. The molecule has 0 saturated heterocycles. The lowest BCUT2D eigenvalue weighted by molar-refractivity contribution is 0.0946. The van der Waals surface area contributed by atoms with Crippen molar-refractivity contribution in [3.63, 3.8) is 0 Å². The maximum absolute atomic E-state index is 12.2. The molecule has 0 unspecified atom stereocenters. The van der Waals surface area contributed by atoms with Crippen molar-refractivity contribution in [3.8, 4) is 17.0 Å². The Kier molecular flexibility index (Phi) is 4.61. The molecule has 0 fully saturated rings. The van der Waals surface area contributed by atoms with Gasteiger partial charge in [-0.3, -0.25) is 9.89 Å². The molecule has 0 radical (unpaired) electrons. The van der Waals surface area contributed by atoms with Crippen molar-refractivity contribution < 1.29 is 9.53 Å². The molecule has 0 aliphatic carbocycles. The average molecular weight is 321 g/mol. The summed E-state index contributed by atoms with van der Waals surface area (Å²) in [7, 11) is 1.63. The molecule has 5 nitrogen and oxygen atoms in total. The van der Waals surface area contributed by atoms with Crippen molar-refractivity contribution in [3.05, 3.63) is 71.4 Å². The van der Waals surface area contributed by atoms with E-state index in [0.717, 1.165) is 22.6 Å². The highest BCUT2D eigenvalue weighted by atomic mass is 16.5. The van der Waals surface area contributed by atoms with E-state index in [4.69, 9.17) is 4.74 Å². The first kappa shape index (κ1) is 15.8. The predicted molar refractivity (Wildman–Crippen MR) is 92.9 cm³/mol. The Morgan fingerprint density at radius 3 is 2.50 bits per heavy atom. The molecule has 1 amide bonds. The monoisotopic (exact) mass is 321 g/mol. The lowest BCUT2D eigenvalue weighted by atomic mass is 10.1. The number of H-pyrrole nitrogens is 1. The second-order valence-electron chi connectivity index (χ2n) is 5.56. The largest absolute Gasteiger partial charge is 0.497 e. The van der Waals surface area contributed by atoms with E-state index in [9.17, 15) is 4.79 Å². The van der Waals surface area contributed by atoms with Crippen LogP contribution in [0.5, 0.6) is 5.75 Å². The maximum atomic E-state index is 12.2. The predicted octanol–water partition coefficient (Wildman–Crippen LogP) is 3.32. The number of benzene rings is 2. The summed E-state index contributed by atoms with van der Waals surface area (Å²) in [6, 6.07) is 17.4. The lowest BCUT2D eigenvalue weighted by Crippen LogP contribution is -2.23. The summed E-state index contributed by atoms with van der Waals surface area (Å²) < 4.78 is 5.12. The van der Waals surface area contributed by atoms with Crippen LogP contribution in [0.4, 0.5) is 0 Å². The van der Waals surface area contributed by atoms with E-state index in [0.29, 0.717) is 12.2 Å². The Morgan fingerprint density at radius 2 is 1.83 bits per heavy atom. The fourth-order valence-corrected chi connectivity index (χ4v) is 2.33. The van der Waals surface area contributed by atoms with Gasteiger partial charge in [0, 0.05) is 12.1 Å². The van der Waals surface area contributed by atoms with Gasteiger partial charge in [0.25, 0.3) is 5.91 Å². The van der Waals surface area contributed by atoms with Crippen LogP contribution in [-0.2, 0) is 6.54 Å². The van der Waals surface area contributed by atoms with E-state index in [1.807, 2.05) is 55.5 Å². The first-order chi connectivity index (χ1) is 11.7. The minimum Gasteiger partial charge on any atom is -0.497 e. The van der Waals surface area contributed by atoms with Gasteiger partial charge in [0.15, 0.2) is 0 Å². The third kappa shape index (κ3) is 3.63. The van der Waals surface area contributed by atoms with Crippen LogP contribution in [-0.4, -0.2) is 23.2 Å². The van der Waals surface area contributed by atoms with E-state index in [1.165, 1.54) is 5.56 Å². The van der Waals surface area contributed by atoms with Crippen molar-refractivity contribution in [2.75, 3.05) is 7.11 Å². The first-order valence-electron chi connectivity index (χ1n) is 7.69. The Labute approximate surface area is 140 Å². The fourth-order valence-electron chi connectivity index (χ4n) is 2.33. The number of aromatic amines is 1. The van der Waals surface area contributed by atoms with Crippen molar-refractivity contribution in [1.29, 1.82) is 0 Å². The zero-order valence-electron chi connectivity index (χ0n) is 13.7. The molecular formula is C19H19N3O2. The normalized spacial score (nSPS) is 10.4. The summed E-state index contributed by atoms with van der Waals surface area (Å²) in [5, 5.41) is 9.88. The Hall–Kier alpha value is -3.08. The zero-order chi connectivity index (χ0) is 16.9. The number of hydrogen-bond acceptors (Lipinski definition) is 3. The van der Waals surface area contributed by atoms with Gasteiger partial charge in [-0.05, 0) is 30.7 Å². The molecule has 0 atom stereocenters. The van der Waals surface area contributed by atoms with Gasteiger partial charge in [0.2, 0.25) is 0 Å². The summed E-state index contributed by atoms with van der Waals surface area (Å²) >= 11 is 0. The number of carbonyl (C=O) groups is 1. The average Bonchev–Trinajstić information content (AvgIpc) is 3.11. The molecule has 3 rings (SSSR count). The number of methoxy groups -OCH3 is 1. The molecule has 0 aliphatic rings. The molecule has 0 saturated carbocycles. The van der Waals surface area contributed by atoms with Gasteiger partial charge in [-0.15, -0.1) is 0 Å². The van der Waals surface area contributed by atoms with Crippen LogP contribution in [0, 0.1) is 6.92 Å². The highest BCUT2D eigenvalue weighted by molar-refractivity contribution is 5.93. The Bertz CT molecular complexity index is 821. The number of aromatic nitrogens is 2. The molecule has 1 aromatic heterocycles. The van der Waals surface area contributed by atoms with Gasteiger partial charge < -0.3 is 10.1 Å². The number of carbonyl (C=O) groups excluding carboxylic acids is 1. The topological polar surface area (TPSA) is 67.0 Å². The second kappa shape index (κ2) is 7.00. The van der Waals surface area contributed by atoms with E-state index in [1.54, 1.807) is 13.2 Å². The van der Waals surface area contributed by atoms with Crippen molar-refractivity contribution in [1.82, 2.24) is 15.5 Å². The van der Waals surface area contributed by atoms with Crippen molar-refractivity contribution in [2.45, 2.75) is 13.5 Å². The minimum atomic E-state index is -0.184. The van der Waals surface area contributed by atoms with Crippen LogP contribution in [0.2, 0.25) is 0 Å². The number of ether oxygens (including phenoxy) is 1. The van der Waals surface area contributed by atoms with Crippen LogP contribution in [0.3, 0.4) is 0 Å². The molecule has 24 heavy (non-hydrogen) atoms. The molecule has 0 aliphatic heterocycles.